The lowest BCUT2D eigenvalue weighted by Gasteiger charge is -2.19. The Labute approximate surface area is 129 Å². The van der Waals surface area contributed by atoms with E-state index in [9.17, 15) is 14.4 Å². The SMILES string of the molecule is NC(=O)c1cccc(CNC(=O)CN2CCCCCC2=O)c1. The number of carbonyl (C=O) groups excluding carboxylic acids is 3. The number of rotatable bonds is 5. The highest BCUT2D eigenvalue weighted by molar-refractivity contribution is 5.93. The molecule has 0 unspecified atom stereocenters. The van der Waals surface area contributed by atoms with Crippen molar-refractivity contribution in [2.45, 2.75) is 32.2 Å². The van der Waals surface area contributed by atoms with Gasteiger partial charge in [-0.05, 0) is 30.5 Å². The molecule has 6 nitrogen and oxygen atoms in total. The normalized spacial score (nSPS) is 15.3. The lowest BCUT2D eigenvalue weighted by atomic mass is 10.1. The molecule has 1 fully saturated rings. The first-order chi connectivity index (χ1) is 10.6. The number of likely N-dealkylation sites (tertiary alicyclic amines) is 1. The predicted octanol–water partition coefficient (Wildman–Crippen LogP) is 0.804. The van der Waals surface area contributed by atoms with E-state index < -0.39 is 5.91 Å². The number of benzene rings is 1. The van der Waals surface area contributed by atoms with Crippen LogP contribution in [0.5, 0.6) is 0 Å². The van der Waals surface area contributed by atoms with Gasteiger partial charge in [-0.3, -0.25) is 14.4 Å². The molecular weight excluding hydrogens is 282 g/mol. The molecule has 1 aliphatic rings. The number of amides is 3. The van der Waals surface area contributed by atoms with Gasteiger partial charge in [0, 0.05) is 25.1 Å². The summed E-state index contributed by atoms with van der Waals surface area (Å²) in [4.78, 5) is 36.5. The summed E-state index contributed by atoms with van der Waals surface area (Å²) < 4.78 is 0. The van der Waals surface area contributed by atoms with Crippen LogP contribution in [0.2, 0.25) is 0 Å². The third kappa shape index (κ3) is 4.58. The van der Waals surface area contributed by atoms with Crippen LogP contribution in [0.15, 0.2) is 24.3 Å². The van der Waals surface area contributed by atoms with Crippen molar-refractivity contribution in [3.05, 3.63) is 35.4 Å². The molecule has 118 valence electrons. The van der Waals surface area contributed by atoms with Gasteiger partial charge in [0.2, 0.25) is 17.7 Å². The molecule has 0 bridgehead atoms. The zero-order valence-corrected chi connectivity index (χ0v) is 12.5. The minimum atomic E-state index is -0.497. The summed E-state index contributed by atoms with van der Waals surface area (Å²) in [5, 5.41) is 2.77. The van der Waals surface area contributed by atoms with Crippen molar-refractivity contribution in [2.24, 2.45) is 5.73 Å². The first-order valence-corrected chi connectivity index (χ1v) is 7.49. The zero-order valence-electron chi connectivity index (χ0n) is 12.5. The molecule has 3 N–H and O–H groups in total. The summed E-state index contributed by atoms with van der Waals surface area (Å²) in [7, 11) is 0. The van der Waals surface area contributed by atoms with Crippen molar-refractivity contribution in [3.63, 3.8) is 0 Å². The molecule has 0 saturated carbocycles. The Bertz CT molecular complexity index is 572. The topological polar surface area (TPSA) is 92.5 Å². The van der Waals surface area contributed by atoms with E-state index in [-0.39, 0.29) is 18.4 Å². The van der Waals surface area contributed by atoms with Gasteiger partial charge in [-0.25, -0.2) is 0 Å². The van der Waals surface area contributed by atoms with Crippen LogP contribution >= 0.6 is 0 Å². The molecule has 0 aromatic heterocycles. The summed E-state index contributed by atoms with van der Waals surface area (Å²) in [6, 6.07) is 6.81. The Hall–Kier alpha value is -2.37. The molecule has 0 aliphatic carbocycles. The molecule has 0 atom stereocenters. The minimum Gasteiger partial charge on any atom is -0.366 e. The fourth-order valence-corrected chi connectivity index (χ4v) is 2.47. The molecule has 0 spiro atoms. The van der Waals surface area contributed by atoms with Gasteiger partial charge < -0.3 is 16.0 Å². The van der Waals surface area contributed by atoms with Crippen LogP contribution < -0.4 is 11.1 Å². The van der Waals surface area contributed by atoms with Gasteiger partial charge in [0.1, 0.15) is 0 Å². The fraction of sp³-hybridized carbons (Fsp3) is 0.438. The molecule has 22 heavy (non-hydrogen) atoms. The van der Waals surface area contributed by atoms with E-state index in [0.29, 0.717) is 25.1 Å². The molecule has 1 heterocycles. The van der Waals surface area contributed by atoms with Crippen LogP contribution in [0.25, 0.3) is 0 Å². The van der Waals surface area contributed by atoms with Gasteiger partial charge in [-0.1, -0.05) is 18.6 Å². The molecule has 1 aromatic carbocycles. The standard InChI is InChI=1S/C16H21N3O3/c17-16(22)13-6-4-5-12(9-13)10-18-14(20)11-19-8-3-1-2-7-15(19)21/h4-6,9H,1-3,7-8,10-11H2,(H2,17,22)(H,18,20). The highest BCUT2D eigenvalue weighted by Gasteiger charge is 2.18. The van der Waals surface area contributed by atoms with E-state index >= 15 is 0 Å². The van der Waals surface area contributed by atoms with Gasteiger partial charge in [0.15, 0.2) is 0 Å². The van der Waals surface area contributed by atoms with Crippen LogP contribution in [-0.4, -0.2) is 35.7 Å². The third-order valence-corrected chi connectivity index (χ3v) is 3.71. The summed E-state index contributed by atoms with van der Waals surface area (Å²) in [6.07, 6.45) is 3.40. The summed E-state index contributed by atoms with van der Waals surface area (Å²) >= 11 is 0. The second-order valence-corrected chi connectivity index (χ2v) is 5.47. The number of nitrogens with two attached hydrogens (primary N) is 1. The summed E-state index contributed by atoms with van der Waals surface area (Å²) in [5.74, 6) is -0.647. The second-order valence-electron chi connectivity index (χ2n) is 5.47. The Morgan fingerprint density at radius 1 is 1.23 bits per heavy atom. The smallest absolute Gasteiger partial charge is 0.248 e. The van der Waals surface area contributed by atoms with Gasteiger partial charge in [-0.2, -0.15) is 0 Å². The highest BCUT2D eigenvalue weighted by Crippen LogP contribution is 2.10. The first-order valence-electron chi connectivity index (χ1n) is 7.49. The van der Waals surface area contributed by atoms with E-state index in [1.165, 1.54) is 0 Å². The maximum Gasteiger partial charge on any atom is 0.248 e. The highest BCUT2D eigenvalue weighted by atomic mass is 16.2. The first kappa shape index (κ1) is 16.0. The van der Waals surface area contributed by atoms with Crippen molar-refractivity contribution in [1.82, 2.24) is 10.2 Å². The molecule has 6 heteroatoms. The van der Waals surface area contributed by atoms with Crippen LogP contribution in [0.1, 0.15) is 41.6 Å². The lowest BCUT2D eigenvalue weighted by Crippen LogP contribution is -2.40. The average molecular weight is 303 g/mol. The summed E-state index contributed by atoms with van der Waals surface area (Å²) in [5.41, 5.74) is 6.43. The molecule has 1 aromatic rings. The van der Waals surface area contributed by atoms with Crippen molar-refractivity contribution in [2.75, 3.05) is 13.1 Å². The number of primary amides is 1. The molecule has 1 saturated heterocycles. The van der Waals surface area contributed by atoms with Crippen LogP contribution in [0, 0.1) is 0 Å². The summed E-state index contributed by atoms with van der Waals surface area (Å²) in [6.45, 7) is 1.04. The number of nitrogens with one attached hydrogen (secondary N) is 1. The van der Waals surface area contributed by atoms with Crippen molar-refractivity contribution in [3.8, 4) is 0 Å². The van der Waals surface area contributed by atoms with Crippen LogP contribution in [0.4, 0.5) is 0 Å². The Morgan fingerprint density at radius 2 is 2.05 bits per heavy atom. The van der Waals surface area contributed by atoms with Gasteiger partial charge >= 0.3 is 0 Å². The fourth-order valence-electron chi connectivity index (χ4n) is 2.47. The van der Waals surface area contributed by atoms with E-state index in [4.69, 9.17) is 5.73 Å². The van der Waals surface area contributed by atoms with E-state index in [2.05, 4.69) is 5.32 Å². The van der Waals surface area contributed by atoms with Crippen LogP contribution in [0.3, 0.4) is 0 Å². The van der Waals surface area contributed by atoms with Crippen LogP contribution in [-0.2, 0) is 16.1 Å². The Kier molecular flexibility index (Phi) is 5.52. The maximum absolute atomic E-state index is 12.0. The quantitative estimate of drug-likeness (QED) is 0.843. The lowest BCUT2D eigenvalue weighted by molar-refractivity contribution is -0.135. The van der Waals surface area contributed by atoms with Crippen molar-refractivity contribution in [1.29, 1.82) is 0 Å². The number of hydrogen-bond donors (Lipinski definition) is 2. The molecule has 2 rings (SSSR count). The van der Waals surface area contributed by atoms with Gasteiger partial charge in [-0.15, -0.1) is 0 Å². The number of carbonyl (C=O) groups is 3. The Balaban J connectivity index is 1.85. The Morgan fingerprint density at radius 3 is 2.82 bits per heavy atom. The van der Waals surface area contributed by atoms with Crippen molar-refractivity contribution < 1.29 is 14.4 Å². The molecular formula is C16H21N3O3. The van der Waals surface area contributed by atoms with E-state index in [0.717, 1.165) is 24.8 Å². The molecule has 0 radical (unpaired) electrons. The molecule has 3 amide bonds. The predicted molar refractivity (Wildman–Crippen MR) is 81.9 cm³/mol. The average Bonchev–Trinajstić information content (AvgIpc) is 2.70. The molecule has 1 aliphatic heterocycles. The largest absolute Gasteiger partial charge is 0.366 e. The number of nitrogens with zero attached hydrogens (tertiary/aromatic N) is 1. The maximum atomic E-state index is 12.0. The van der Waals surface area contributed by atoms with Crippen molar-refractivity contribution >= 4 is 17.7 Å². The minimum absolute atomic E-state index is 0.0448. The van der Waals surface area contributed by atoms with E-state index in [1.54, 1.807) is 23.1 Å². The zero-order chi connectivity index (χ0) is 15.9. The third-order valence-electron chi connectivity index (χ3n) is 3.71. The van der Waals surface area contributed by atoms with Gasteiger partial charge in [0.25, 0.3) is 0 Å². The van der Waals surface area contributed by atoms with E-state index in [1.807, 2.05) is 6.07 Å². The monoisotopic (exact) mass is 303 g/mol. The number of hydrogen-bond acceptors (Lipinski definition) is 3. The second kappa shape index (κ2) is 7.59. The van der Waals surface area contributed by atoms with Gasteiger partial charge in [0.05, 0.1) is 6.54 Å².